The summed E-state index contributed by atoms with van der Waals surface area (Å²) in [5, 5.41) is 6.96. The van der Waals surface area contributed by atoms with E-state index in [-0.39, 0.29) is 17.6 Å². The van der Waals surface area contributed by atoms with Gasteiger partial charge in [0.1, 0.15) is 11.6 Å². The number of hydrogen-bond donors (Lipinski definition) is 1. The summed E-state index contributed by atoms with van der Waals surface area (Å²) >= 11 is 6.00. The fourth-order valence-corrected chi connectivity index (χ4v) is 1.75. The van der Waals surface area contributed by atoms with Crippen LogP contribution in [0.25, 0.3) is 0 Å². The molecule has 0 amide bonds. The van der Waals surface area contributed by atoms with Crippen molar-refractivity contribution in [3.8, 4) is 0 Å². The molecular formula is C12H18ClN3O4. The Labute approximate surface area is 121 Å². The van der Waals surface area contributed by atoms with E-state index in [1.807, 2.05) is 6.92 Å². The van der Waals surface area contributed by atoms with Gasteiger partial charge in [0, 0.05) is 13.2 Å². The van der Waals surface area contributed by atoms with Crippen molar-refractivity contribution in [3.63, 3.8) is 0 Å². The van der Waals surface area contributed by atoms with Crippen LogP contribution in [0.5, 0.6) is 0 Å². The number of halogens is 1. The van der Waals surface area contributed by atoms with Crippen molar-refractivity contribution in [2.24, 2.45) is 0 Å². The van der Waals surface area contributed by atoms with Crippen LogP contribution in [0.1, 0.15) is 13.3 Å². The van der Waals surface area contributed by atoms with Gasteiger partial charge in [0.15, 0.2) is 0 Å². The molecule has 0 saturated carbocycles. The molecule has 7 nitrogen and oxygen atoms in total. The summed E-state index contributed by atoms with van der Waals surface area (Å²) in [4.78, 5) is 23.1. The number of ether oxygens (including phenoxy) is 2. The standard InChI is InChI=1S/C12H18ClN3O4/c1-4-8(7-19-2)15-9-5-14-16(6-10(17)20-3)12(18)11(9)13/h5,8,15H,4,6-7H2,1-3H3. The summed E-state index contributed by atoms with van der Waals surface area (Å²) in [5.74, 6) is -0.567. The Balaban J connectivity index is 2.94. The van der Waals surface area contributed by atoms with E-state index in [4.69, 9.17) is 16.3 Å². The molecule has 0 aliphatic rings. The van der Waals surface area contributed by atoms with Crippen molar-refractivity contribution in [2.45, 2.75) is 25.9 Å². The topological polar surface area (TPSA) is 82.4 Å². The molecule has 112 valence electrons. The van der Waals surface area contributed by atoms with Gasteiger partial charge < -0.3 is 14.8 Å². The number of anilines is 1. The summed E-state index contributed by atoms with van der Waals surface area (Å²) in [6.45, 7) is 2.19. The SMILES string of the molecule is CCC(COC)Nc1cnn(CC(=O)OC)c(=O)c1Cl. The highest BCUT2D eigenvalue weighted by Crippen LogP contribution is 2.17. The molecule has 0 fully saturated rings. The molecule has 1 N–H and O–H groups in total. The maximum Gasteiger partial charge on any atom is 0.327 e. The first-order chi connectivity index (χ1) is 9.53. The maximum absolute atomic E-state index is 12.0. The summed E-state index contributed by atoms with van der Waals surface area (Å²) in [6, 6.07) is 0.0233. The van der Waals surface area contributed by atoms with Crippen molar-refractivity contribution in [1.82, 2.24) is 9.78 Å². The Kier molecular flexibility index (Phi) is 6.47. The smallest absolute Gasteiger partial charge is 0.327 e. The minimum Gasteiger partial charge on any atom is -0.468 e. The van der Waals surface area contributed by atoms with Gasteiger partial charge in [-0.2, -0.15) is 5.10 Å². The Morgan fingerprint density at radius 2 is 2.25 bits per heavy atom. The lowest BCUT2D eigenvalue weighted by molar-refractivity contribution is -0.141. The van der Waals surface area contributed by atoms with Crippen LogP contribution in [-0.2, 0) is 20.8 Å². The largest absolute Gasteiger partial charge is 0.468 e. The second-order valence-electron chi connectivity index (χ2n) is 4.12. The molecule has 1 aromatic rings. The number of methoxy groups -OCH3 is 2. The van der Waals surface area contributed by atoms with Crippen LogP contribution in [0, 0.1) is 0 Å². The average molecular weight is 304 g/mol. The second-order valence-corrected chi connectivity index (χ2v) is 4.49. The van der Waals surface area contributed by atoms with Gasteiger partial charge >= 0.3 is 5.97 Å². The highest BCUT2D eigenvalue weighted by molar-refractivity contribution is 6.32. The normalized spacial score (nSPS) is 12.0. The first kappa shape index (κ1) is 16.5. The predicted octanol–water partition coefficient (Wildman–Crippen LogP) is 0.907. The molecule has 8 heteroatoms. The van der Waals surface area contributed by atoms with Gasteiger partial charge in [0.2, 0.25) is 0 Å². The third-order valence-corrected chi connectivity index (χ3v) is 3.08. The molecule has 0 spiro atoms. The van der Waals surface area contributed by atoms with Gasteiger partial charge in [0.25, 0.3) is 5.56 Å². The van der Waals surface area contributed by atoms with E-state index in [1.165, 1.54) is 13.3 Å². The lowest BCUT2D eigenvalue weighted by Gasteiger charge is -2.18. The lowest BCUT2D eigenvalue weighted by Crippen LogP contribution is -2.30. The van der Waals surface area contributed by atoms with Gasteiger partial charge in [-0.1, -0.05) is 18.5 Å². The second kappa shape index (κ2) is 7.86. The third kappa shape index (κ3) is 4.21. The Morgan fingerprint density at radius 1 is 1.55 bits per heavy atom. The minimum absolute atomic E-state index is 0.0153. The van der Waals surface area contributed by atoms with Crippen molar-refractivity contribution < 1.29 is 14.3 Å². The van der Waals surface area contributed by atoms with Crippen LogP contribution in [0.15, 0.2) is 11.0 Å². The number of carbonyl (C=O) groups is 1. The number of carbonyl (C=O) groups excluding carboxylic acids is 1. The first-order valence-corrected chi connectivity index (χ1v) is 6.49. The minimum atomic E-state index is -0.567. The molecule has 0 radical (unpaired) electrons. The van der Waals surface area contributed by atoms with Crippen LogP contribution >= 0.6 is 11.6 Å². The Bertz CT molecular complexity index is 518. The van der Waals surface area contributed by atoms with Crippen molar-refractivity contribution in [3.05, 3.63) is 21.6 Å². The molecule has 20 heavy (non-hydrogen) atoms. The quantitative estimate of drug-likeness (QED) is 0.754. The monoisotopic (exact) mass is 303 g/mol. The number of esters is 1. The summed E-state index contributed by atoms with van der Waals surface area (Å²) in [6.07, 6.45) is 2.21. The van der Waals surface area contributed by atoms with Crippen LogP contribution in [-0.4, -0.2) is 42.6 Å². The molecule has 1 heterocycles. The van der Waals surface area contributed by atoms with Gasteiger partial charge in [-0.25, -0.2) is 4.68 Å². The van der Waals surface area contributed by atoms with E-state index in [0.29, 0.717) is 12.3 Å². The van der Waals surface area contributed by atoms with Gasteiger partial charge in [0.05, 0.1) is 25.6 Å². The van der Waals surface area contributed by atoms with E-state index in [9.17, 15) is 9.59 Å². The van der Waals surface area contributed by atoms with Crippen molar-refractivity contribution in [1.29, 1.82) is 0 Å². The van der Waals surface area contributed by atoms with Crippen LogP contribution in [0.2, 0.25) is 5.02 Å². The molecule has 0 aromatic carbocycles. The third-order valence-electron chi connectivity index (χ3n) is 2.71. The predicted molar refractivity (Wildman–Crippen MR) is 75.1 cm³/mol. The molecule has 0 bridgehead atoms. The van der Waals surface area contributed by atoms with Crippen LogP contribution in [0.4, 0.5) is 5.69 Å². The molecule has 1 atom stereocenters. The van der Waals surface area contributed by atoms with E-state index < -0.39 is 11.5 Å². The zero-order valence-corrected chi connectivity index (χ0v) is 12.4. The average Bonchev–Trinajstić information content (AvgIpc) is 2.45. The molecule has 1 rings (SSSR count). The van der Waals surface area contributed by atoms with Crippen LogP contribution in [0.3, 0.4) is 0 Å². The number of nitrogens with one attached hydrogen (secondary N) is 1. The molecule has 0 aliphatic heterocycles. The van der Waals surface area contributed by atoms with Crippen LogP contribution < -0.4 is 10.9 Å². The fourth-order valence-electron chi connectivity index (χ4n) is 1.55. The molecular weight excluding hydrogens is 286 g/mol. The Morgan fingerprint density at radius 3 is 2.80 bits per heavy atom. The van der Waals surface area contributed by atoms with E-state index >= 15 is 0 Å². The lowest BCUT2D eigenvalue weighted by atomic mass is 10.2. The molecule has 1 unspecified atom stereocenters. The molecule has 1 aromatic heterocycles. The highest BCUT2D eigenvalue weighted by Gasteiger charge is 2.14. The molecule has 0 aliphatic carbocycles. The highest BCUT2D eigenvalue weighted by atomic mass is 35.5. The fraction of sp³-hybridized carbons (Fsp3) is 0.583. The number of hydrogen-bond acceptors (Lipinski definition) is 6. The zero-order valence-electron chi connectivity index (χ0n) is 11.7. The van der Waals surface area contributed by atoms with Gasteiger partial charge in [-0.05, 0) is 6.42 Å². The van der Waals surface area contributed by atoms with Gasteiger partial charge in [-0.3, -0.25) is 9.59 Å². The zero-order chi connectivity index (χ0) is 15.1. The van der Waals surface area contributed by atoms with Crippen molar-refractivity contribution in [2.75, 3.05) is 26.1 Å². The summed E-state index contributed by atoms with van der Waals surface area (Å²) in [5.41, 5.74) is -0.129. The van der Waals surface area contributed by atoms with Crippen molar-refractivity contribution >= 4 is 23.3 Å². The summed E-state index contributed by atoms with van der Waals surface area (Å²) < 4.78 is 10.5. The summed E-state index contributed by atoms with van der Waals surface area (Å²) in [7, 11) is 2.83. The van der Waals surface area contributed by atoms with E-state index in [0.717, 1.165) is 11.1 Å². The maximum atomic E-state index is 12.0. The number of rotatable bonds is 7. The van der Waals surface area contributed by atoms with E-state index in [2.05, 4.69) is 15.2 Å². The first-order valence-electron chi connectivity index (χ1n) is 6.11. The number of nitrogens with zero attached hydrogens (tertiary/aromatic N) is 2. The molecule has 0 saturated heterocycles. The Hall–Kier alpha value is -1.60. The van der Waals surface area contributed by atoms with E-state index in [1.54, 1.807) is 7.11 Å². The van der Waals surface area contributed by atoms with Gasteiger partial charge in [-0.15, -0.1) is 0 Å². The number of aromatic nitrogens is 2.